The van der Waals surface area contributed by atoms with Crippen LogP contribution in [0.3, 0.4) is 0 Å². The van der Waals surface area contributed by atoms with Crippen molar-refractivity contribution in [2.45, 2.75) is 177 Å². The maximum Gasteiger partial charge on any atom is 0.242 e. The van der Waals surface area contributed by atoms with E-state index in [4.69, 9.17) is 0 Å². The van der Waals surface area contributed by atoms with E-state index in [0.29, 0.717) is 57.2 Å². The molecule has 268 valence electrons. The maximum atomic E-state index is 13.0. The van der Waals surface area contributed by atoms with Crippen LogP contribution in [0, 0.1) is 10.8 Å². The molecule has 0 aromatic heterocycles. The molecule has 0 aliphatic heterocycles. The van der Waals surface area contributed by atoms with Crippen LogP contribution in [0.25, 0.3) is 0 Å². The number of rotatable bonds is 27. The highest BCUT2D eigenvalue weighted by atomic mass is 16.2. The zero-order valence-electron chi connectivity index (χ0n) is 30.7. The number of amides is 4. The van der Waals surface area contributed by atoms with E-state index in [1.165, 1.54) is 0 Å². The molecule has 1 atom stereocenters. The number of hydrogen-bond acceptors (Lipinski definition) is 5. The number of carbonyl (C=O) groups excluding carboxylic acids is 5. The van der Waals surface area contributed by atoms with Crippen molar-refractivity contribution in [1.29, 1.82) is 0 Å². The Balaban J connectivity index is 4.43. The molecule has 0 unspecified atom stereocenters. The molecule has 9 nitrogen and oxygen atoms in total. The van der Waals surface area contributed by atoms with Crippen molar-refractivity contribution in [3.8, 4) is 0 Å². The summed E-state index contributed by atoms with van der Waals surface area (Å²) in [7, 11) is 0. The first-order valence-corrected chi connectivity index (χ1v) is 18.2. The van der Waals surface area contributed by atoms with Crippen LogP contribution in [-0.2, 0) is 24.0 Å². The van der Waals surface area contributed by atoms with E-state index in [1.54, 1.807) is 6.92 Å². The van der Waals surface area contributed by atoms with Crippen LogP contribution in [0.15, 0.2) is 0 Å². The van der Waals surface area contributed by atoms with Crippen LogP contribution in [0.2, 0.25) is 0 Å². The Labute approximate surface area is 281 Å². The van der Waals surface area contributed by atoms with Crippen molar-refractivity contribution in [2.75, 3.05) is 19.6 Å². The van der Waals surface area contributed by atoms with Crippen LogP contribution < -0.4 is 21.3 Å². The third-order valence-corrected chi connectivity index (χ3v) is 7.96. The average molecular weight is 651 g/mol. The van der Waals surface area contributed by atoms with Gasteiger partial charge in [0.05, 0.1) is 0 Å². The molecule has 0 aliphatic carbocycles. The van der Waals surface area contributed by atoms with Crippen molar-refractivity contribution >= 4 is 29.4 Å². The van der Waals surface area contributed by atoms with Gasteiger partial charge in [-0.3, -0.25) is 19.2 Å². The van der Waals surface area contributed by atoms with E-state index in [1.807, 2.05) is 0 Å². The van der Waals surface area contributed by atoms with Gasteiger partial charge in [-0.25, -0.2) is 0 Å². The summed E-state index contributed by atoms with van der Waals surface area (Å²) < 4.78 is 0. The molecule has 4 N–H and O–H groups in total. The zero-order valence-corrected chi connectivity index (χ0v) is 30.7. The van der Waals surface area contributed by atoms with E-state index in [9.17, 15) is 24.0 Å². The van der Waals surface area contributed by atoms with Gasteiger partial charge in [-0.15, -0.1) is 0 Å². The lowest BCUT2D eigenvalue weighted by molar-refractivity contribution is -0.129. The molecule has 0 spiro atoms. The van der Waals surface area contributed by atoms with E-state index in [0.717, 1.165) is 89.9 Å². The first-order valence-electron chi connectivity index (χ1n) is 18.2. The number of ketones is 1. The fourth-order valence-electron chi connectivity index (χ4n) is 5.12. The Morgan fingerprint density at radius 3 is 1.37 bits per heavy atom. The minimum Gasteiger partial charge on any atom is -0.356 e. The Kier molecular flexibility index (Phi) is 24.3. The van der Waals surface area contributed by atoms with Gasteiger partial charge in [0, 0.05) is 45.3 Å². The minimum absolute atomic E-state index is 0.0394. The average Bonchev–Trinajstić information content (AvgIpc) is 2.95. The number of hydrogen-bond donors (Lipinski definition) is 4. The Hall–Kier alpha value is -2.45. The molecule has 0 rings (SSSR count). The van der Waals surface area contributed by atoms with Gasteiger partial charge in [0.25, 0.3) is 0 Å². The van der Waals surface area contributed by atoms with Gasteiger partial charge in [0.15, 0.2) is 0 Å². The molecular weight excluding hydrogens is 580 g/mol. The van der Waals surface area contributed by atoms with Crippen molar-refractivity contribution in [3.63, 3.8) is 0 Å². The van der Waals surface area contributed by atoms with Crippen LogP contribution in [0.1, 0.15) is 170 Å². The minimum atomic E-state index is -0.593. The van der Waals surface area contributed by atoms with Gasteiger partial charge in [0.1, 0.15) is 11.8 Å². The molecule has 0 saturated carbocycles. The lowest BCUT2D eigenvalue weighted by Crippen LogP contribution is -2.47. The number of carbonyl (C=O) groups is 5. The Morgan fingerprint density at radius 1 is 0.478 bits per heavy atom. The first-order chi connectivity index (χ1) is 21.6. The molecule has 0 fully saturated rings. The van der Waals surface area contributed by atoms with Gasteiger partial charge in [-0.05, 0) is 88.4 Å². The van der Waals surface area contributed by atoms with E-state index >= 15 is 0 Å². The molecule has 0 bridgehead atoms. The van der Waals surface area contributed by atoms with Gasteiger partial charge < -0.3 is 26.1 Å². The molecule has 0 aliphatic rings. The van der Waals surface area contributed by atoms with Gasteiger partial charge in [-0.2, -0.15) is 0 Å². The highest BCUT2D eigenvalue weighted by Gasteiger charge is 2.20. The molecule has 0 heterocycles. The molecule has 0 aromatic carbocycles. The van der Waals surface area contributed by atoms with Gasteiger partial charge in [0.2, 0.25) is 23.6 Å². The largest absolute Gasteiger partial charge is 0.356 e. The first kappa shape index (κ1) is 43.5. The summed E-state index contributed by atoms with van der Waals surface area (Å²) in [5.41, 5.74) is 0.528. The second-order valence-corrected chi connectivity index (χ2v) is 15.5. The molecule has 0 radical (unpaired) electrons. The van der Waals surface area contributed by atoms with Gasteiger partial charge >= 0.3 is 0 Å². The quantitative estimate of drug-likeness (QED) is 0.0717. The van der Waals surface area contributed by atoms with Crippen LogP contribution in [-0.4, -0.2) is 55.1 Å². The maximum absolute atomic E-state index is 13.0. The molecule has 0 aromatic rings. The lowest BCUT2D eigenvalue weighted by atomic mass is 9.89. The monoisotopic (exact) mass is 651 g/mol. The number of unbranched alkanes of at least 4 members (excludes halogenated alkanes) is 7. The summed E-state index contributed by atoms with van der Waals surface area (Å²) in [5.74, 6) is 0.0521. The fourth-order valence-corrected chi connectivity index (χ4v) is 5.12. The second-order valence-electron chi connectivity index (χ2n) is 15.5. The van der Waals surface area contributed by atoms with Crippen LogP contribution >= 0.6 is 0 Å². The third kappa shape index (κ3) is 30.2. The molecule has 0 saturated heterocycles. The number of nitrogens with one attached hydrogen (secondary N) is 4. The van der Waals surface area contributed by atoms with Crippen molar-refractivity contribution < 1.29 is 24.0 Å². The van der Waals surface area contributed by atoms with E-state index in [2.05, 4.69) is 62.8 Å². The summed E-state index contributed by atoms with van der Waals surface area (Å²) >= 11 is 0. The predicted octanol–water partition coefficient (Wildman–Crippen LogP) is 6.91. The summed E-state index contributed by atoms with van der Waals surface area (Å²) in [4.78, 5) is 60.9. The topological polar surface area (TPSA) is 133 Å². The molecule has 9 heteroatoms. The summed E-state index contributed by atoms with van der Waals surface area (Å²) in [6.07, 6.45) is 14.9. The molecule has 46 heavy (non-hydrogen) atoms. The number of Topliss-reactive ketones (excluding diaryl/α,β-unsaturated/α-hetero) is 1. The van der Waals surface area contributed by atoms with Crippen molar-refractivity contribution in [1.82, 2.24) is 21.3 Å². The fraction of sp³-hybridized carbons (Fsp3) is 0.865. The summed E-state index contributed by atoms with van der Waals surface area (Å²) in [5, 5.41) is 11.9. The van der Waals surface area contributed by atoms with Crippen molar-refractivity contribution in [2.24, 2.45) is 10.8 Å². The lowest BCUT2D eigenvalue weighted by Gasteiger charge is -2.20. The smallest absolute Gasteiger partial charge is 0.242 e. The zero-order chi connectivity index (χ0) is 34.8. The normalized spacial score (nSPS) is 12.3. The highest BCUT2D eigenvalue weighted by Crippen LogP contribution is 2.22. The van der Waals surface area contributed by atoms with Crippen LogP contribution in [0.5, 0.6) is 0 Å². The Bertz CT molecular complexity index is 876. The summed E-state index contributed by atoms with van der Waals surface area (Å²) in [6.45, 7) is 16.5. The Morgan fingerprint density at radius 2 is 0.891 bits per heavy atom. The SMILES string of the molecule is CC(=O)CCCCCNC(=O)CCCCCNC(=O)[C@H](CCCCNC(=O)CCCCC(C)(C)C)NC(=O)CCCCC(C)(C)C. The summed E-state index contributed by atoms with van der Waals surface area (Å²) in [6, 6.07) is -0.593. The highest BCUT2D eigenvalue weighted by molar-refractivity contribution is 5.87. The standard InChI is InChI=1S/C37H70N4O5/c1-30(42)20-10-8-17-27-38-32(43)22-11-9-18-29-40-35(46)31(41-34(45)24-13-16-26-37(5,6)7)21-14-19-28-39-33(44)23-12-15-25-36(2,3)4/h31H,8-29H2,1-7H3,(H,38,43)(H,39,44)(H,40,46)(H,41,45)/t31-/m0/s1. The predicted molar refractivity (Wildman–Crippen MR) is 188 cm³/mol. The third-order valence-electron chi connectivity index (χ3n) is 7.96. The van der Waals surface area contributed by atoms with E-state index < -0.39 is 6.04 Å². The van der Waals surface area contributed by atoms with E-state index in [-0.39, 0.29) is 34.8 Å². The second kappa shape index (κ2) is 25.6. The van der Waals surface area contributed by atoms with Crippen LogP contribution in [0.4, 0.5) is 0 Å². The molecular formula is C37H70N4O5. The van der Waals surface area contributed by atoms with Gasteiger partial charge in [-0.1, -0.05) is 67.2 Å². The molecule has 4 amide bonds. The van der Waals surface area contributed by atoms with Crippen molar-refractivity contribution in [3.05, 3.63) is 0 Å².